The lowest BCUT2D eigenvalue weighted by Crippen LogP contribution is -2.34. The van der Waals surface area contributed by atoms with Crippen molar-refractivity contribution >= 4 is 29.1 Å². The number of thiazole rings is 1. The first kappa shape index (κ1) is 23.6. The van der Waals surface area contributed by atoms with E-state index in [1.807, 2.05) is 11.8 Å². The Balaban J connectivity index is 1.42. The molecule has 0 fully saturated rings. The number of carboxylic acid groups (broad SMARTS) is 1. The van der Waals surface area contributed by atoms with E-state index in [2.05, 4.69) is 29.8 Å². The smallest absolute Gasteiger partial charge is 0.317 e. The summed E-state index contributed by atoms with van der Waals surface area (Å²) in [6, 6.07) is 12.6. The molecular weight excluding hydrogens is 462 g/mol. The molecule has 0 bridgehead atoms. The second kappa shape index (κ2) is 9.75. The monoisotopic (exact) mass is 486 g/mol. The molecule has 0 unspecified atom stereocenters. The predicted octanol–water partition coefficient (Wildman–Crippen LogP) is 6.13. The Kier molecular flexibility index (Phi) is 6.97. The van der Waals surface area contributed by atoms with Crippen molar-refractivity contribution in [3.8, 4) is 10.6 Å². The molecule has 0 amide bonds. The largest absolute Gasteiger partial charge is 0.480 e. The van der Waals surface area contributed by atoms with Crippen LogP contribution in [0.1, 0.15) is 27.3 Å². The molecule has 0 aliphatic carbocycles. The molecule has 172 valence electrons. The van der Waals surface area contributed by atoms with Crippen molar-refractivity contribution in [3.63, 3.8) is 0 Å². The highest BCUT2D eigenvalue weighted by Gasteiger charge is 2.26. The summed E-state index contributed by atoms with van der Waals surface area (Å²) < 4.78 is 27.5. The van der Waals surface area contributed by atoms with E-state index in [9.17, 15) is 13.6 Å². The minimum Gasteiger partial charge on any atom is -0.480 e. The number of aromatic nitrogens is 1. The van der Waals surface area contributed by atoms with Crippen molar-refractivity contribution in [1.82, 2.24) is 9.88 Å². The molecule has 2 aromatic carbocycles. The van der Waals surface area contributed by atoms with E-state index >= 15 is 0 Å². The van der Waals surface area contributed by atoms with Crippen molar-refractivity contribution in [3.05, 3.63) is 82.4 Å². The number of hydrogen-bond acceptors (Lipinski definition) is 5. The van der Waals surface area contributed by atoms with Gasteiger partial charge in [0.05, 0.1) is 12.2 Å². The number of benzene rings is 2. The van der Waals surface area contributed by atoms with Gasteiger partial charge >= 0.3 is 5.97 Å². The van der Waals surface area contributed by atoms with E-state index < -0.39 is 11.9 Å². The Bertz CT molecular complexity index is 1180. The number of carbonyl (C=O) groups is 1. The number of carboxylic acids is 1. The van der Waals surface area contributed by atoms with E-state index in [4.69, 9.17) is 5.11 Å². The van der Waals surface area contributed by atoms with Gasteiger partial charge in [0.2, 0.25) is 0 Å². The summed E-state index contributed by atoms with van der Waals surface area (Å²) in [6.45, 7) is 6.67. The SMILES string of the molecule is C=CC(F)(F)c1ccc(-c2nc(C)c(CSc3ccc4c(c3)CCN(CC(=O)O)C4)s2)cc1. The average molecular weight is 487 g/mol. The Morgan fingerprint density at radius 2 is 2.03 bits per heavy atom. The molecule has 0 radical (unpaired) electrons. The topological polar surface area (TPSA) is 53.4 Å². The Labute approximate surface area is 200 Å². The van der Waals surface area contributed by atoms with E-state index in [-0.39, 0.29) is 12.1 Å². The van der Waals surface area contributed by atoms with E-state index in [1.54, 1.807) is 35.2 Å². The third-order valence-corrected chi connectivity index (χ3v) is 8.07. The van der Waals surface area contributed by atoms with Crippen LogP contribution >= 0.6 is 23.1 Å². The van der Waals surface area contributed by atoms with Crippen LogP contribution in [0.3, 0.4) is 0 Å². The zero-order chi connectivity index (χ0) is 23.6. The molecule has 1 aliphatic rings. The number of aliphatic carboxylic acids is 1. The second-order valence-corrected chi connectivity index (χ2v) is 10.1. The Morgan fingerprint density at radius 3 is 2.73 bits per heavy atom. The maximum atomic E-state index is 13.8. The number of fused-ring (bicyclic) bond motifs is 1. The molecule has 4 nitrogen and oxygen atoms in total. The summed E-state index contributed by atoms with van der Waals surface area (Å²) in [5, 5.41) is 9.82. The zero-order valence-corrected chi connectivity index (χ0v) is 19.8. The van der Waals surface area contributed by atoms with Crippen LogP contribution in [-0.2, 0) is 29.4 Å². The molecule has 8 heteroatoms. The minimum absolute atomic E-state index is 0.0718. The number of nitrogens with zero attached hydrogens (tertiary/aromatic N) is 2. The normalized spacial score (nSPS) is 14.2. The van der Waals surface area contributed by atoms with Crippen LogP contribution in [0.25, 0.3) is 10.6 Å². The molecule has 1 aromatic heterocycles. The fourth-order valence-corrected chi connectivity index (χ4v) is 5.96. The second-order valence-electron chi connectivity index (χ2n) is 8.01. The summed E-state index contributed by atoms with van der Waals surface area (Å²) in [4.78, 5) is 19.9. The number of halogens is 2. The van der Waals surface area contributed by atoms with Crippen LogP contribution in [0.15, 0.2) is 60.0 Å². The molecule has 0 spiro atoms. The van der Waals surface area contributed by atoms with Crippen LogP contribution < -0.4 is 0 Å². The standard InChI is InChI=1S/C25H24F2N2O2S2/c1-3-25(26,27)20-7-4-17(5-8-20)24-28-16(2)22(33-24)15-32-21-9-6-19-13-29(14-23(30)31)11-10-18(19)12-21/h3-9,12H,1,10-11,13-15H2,2H3,(H,30,31). The van der Waals surface area contributed by atoms with Crippen molar-refractivity contribution in [2.45, 2.75) is 36.5 Å². The summed E-state index contributed by atoms with van der Waals surface area (Å²) in [7, 11) is 0. The van der Waals surface area contributed by atoms with Crippen molar-refractivity contribution < 1.29 is 18.7 Å². The summed E-state index contributed by atoms with van der Waals surface area (Å²) in [6.07, 6.45) is 1.50. The Morgan fingerprint density at radius 1 is 1.27 bits per heavy atom. The first-order valence-electron chi connectivity index (χ1n) is 10.5. The summed E-state index contributed by atoms with van der Waals surface area (Å²) >= 11 is 3.33. The molecular formula is C25H24F2N2O2S2. The first-order chi connectivity index (χ1) is 15.7. The number of allylic oxidation sites excluding steroid dienone is 1. The third-order valence-electron chi connectivity index (χ3n) is 5.66. The fourth-order valence-electron chi connectivity index (χ4n) is 3.79. The lowest BCUT2D eigenvalue weighted by atomic mass is 10.00. The van der Waals surface area contributed by atoms with E-state index in [0.29, 0.717) is 12.6 Å². The van der Waals surface area contributed by atoms with Crippen molar-refractivity contribution in [1.29, 1.82) is 0 Å². The highest BCUT2D eigenvalue weighted by atomic mass is 32.2. The quantitative estimate of drug-likeness (QED) is 0.307. The number of aryl methyl sites for hydroxylation is 1. The number of thioether (sulfide) groups is 1. The zero-order valence-electron chi connectivity index (χ0n) is 18.2. The summed E-state index contributed by atoms with van der Waals surface area (Å²) in [5.74, 6) is -3.06. The lowest BCUT2D eigenvalue weighted by Gasteiger charge is -2.27. The molecule has 4 rings (SSSR count). The molecule has 1 aliphatic heterocycles. The third kappa shape index (κ3) is 5.51. The van der Waals surface area contributed by atoms with Gasteiger partial charge in [0.25, 0.3) is 5.92 Å². The van der Waals surface area contributed by atoms with Gasteiger partial charge in [-0.1, -0.05) is 36.9 Å². The Hall–Kier alpha value is -2.55. The molecule has 1 N–H and O–H groups in total. The number of rotatable bonds is 8. The van der Waals surface area contributed by atoms with Crippen molar-refractivity contribution in [2.75, 3.05) is 13.1 Å². The maximum absolute atomic E-state index is 13.8. The van der Waals surface area contributed by atoms with Gasteiger partial charge < -0.3 is 5.11 Å². The molecule has 0 saturated carbocycles. The van der Waals surface area contributed by atoms with Gasteiger partial charge in [0.15, 0.2) is 0 Å². The number of hydrogen-bond donors (Lipinski definition) is 1. The van der Waals surface area contributed by atoms with Gasteiger partial charge in [0.1, 0.15) is 5.01 Å². The molecule has 0 saturated heterocycles. The van der Waals surface area contributed by atoms with Crippen LogP contribution in [0.4, 0.5) is 8.78 Å². The molecule has 33 heavy (non-hydrogen) atoms. The molecule has 3 aromatic rings. The predicted molar refractivity (Wildman–Crippen MR) is 129 cm³/mol. The fraction of sp³-hybridized carbons (Fsp3) is 0.280. The van der Waals surface area contributed by atoms with E-state index in [1.165, 1.54) is 28.2 Å². The van der Waals surface area contributed by atoms with Gasteiger partial charge in [0, 0.05) is 39.7 Å². The van der Waals surface area contributed by atoms with Gasteiger partial charge in [-0.2, -0.15) is 8.78 Å². The highest BCUT2D eigenvalue weighted by molar-refractivity contribution is 7.98. The minimum atomic E-state index is -3.04. The summed E-state index contributed by atoms with van der Waals surface area (Å²) in [5.41, 5.74) is 4.16. The van der Waals surface area contributed by atoms with Crippen LogP contribution in [0, 0.1) is 6.92 Å². The van der Waals surface area contributed by atoms with Crippen LogP contribution in [-0.4, -0.2) is 34.0 Å². The van der Waals surface area contributed by atoms with E-state index in [0.717, 1.165) is 39.9 Å². The van der Waals surface area contributed by atoms with Gasteiger partial charge in [-0.25, -0.2) is 4.98 Å². The number of alkyl halides is 2. The van der Waals surface area contributed by atoms with Gasteiger partial charge in [-0.15, -0.1) is 23.1 Å². The lowest BCUT2D eigenvalue weighted by molar-refractivity contribution is -0.138. The maximum Gasteiger partial charge on any atom is 0.317 e. The van der Waals surface area contributed by atoms with Crippen LogP contribution in [0.2, 0.25) is 0 Å². The highest BCUT2D eigenvalue weighted by Crippen LogP contribution is 2.35. The van der Waals surface area contributed by atoms with Gasteiger partial charge in [-0.3, -0.25) is 9.69 Å². The molecule has 0 atom stereocenters. The van der Waals surface area contributed by atoms with Crippen molar-refractivity contribution in [2.24, 2.45) is 0 Å². The first-order valence-corrected chi connectivity index (χ1v) is 12.3. The van der Waals surface area contributed by atoms with Gasteiger partial charge in [-0.05, 0) is 42.7 Å². The molecule has 2 heterocycles. The van der Waals surface area contributed by atoms with Crippen LogP contribution in [0.5, 0.6) is 0 Å². The average Bonchev–Trinajstić information content (AvgIpc) is 3.17.